The van der Waals surface area contributed by atoms with E-state index < -0.39 is 0 Å². The Kier molecular flexibility index (Phi) is 4.47. The molecule has 6 nitrogen and oxygen atoms in total. The van der Waals surface area contributed by atoms with Crippen LogP contribution in [0.2, 0.25) is 0 Å². The Balaban J connectivity index is 1.61. The first-order valence-electron chi connectivity index (χ1n) is 8.66. The van der Waals surface area contributed by atoms with Gasteiger partial charge in [-0.25, -0.2) is 4.98 Å². The number of pyridine rings is 1. The molecule has 0 spiro atoms. The van der Waals surface area contributed by atoms with Crippen molar-refractivity contribution < 1.29 is 9.59 Å². The van der Waals surface area contributed by atoms with Crippen LogP contribution in [0.4, 0.5) is 5.82 Å². The molecule has 2 saturated heterocycles. The zero-order chi connectivity index (χ0) is 17.3. The Morgan fingerprint density at radius 2 is 2.08 bits per heavy atom. The lowest BCUT2D eigenvalue weighted by Gasteiger charge is -2.24. The second kappa shape index (κ2) is 6.42. The van der Waals surface area contributed by atoms with Crippen molar-refractivity contribution in [2.24, 2.45) is 0 Å². The second-order valence-electron chi connectivity index (χ2n) is 7.69. The van der Waals surface area contributed by atoms with Crippen LogP contribution in [0, 0.1) is 0 Å². The summed E-state index contributed by atoms with van der Waals surface area (Å²) in [4.78, 5) is 32.6. The smallest absolute Gasteiger partial charge is 0.255 e. The molecule has 2 amide bonds. The summed E-state index contributed by atoms with van der Waals surface area (Å²) < 4.78 is 0. The van der Waals surface area contributed by atoms with Crippen molar-refractivity contribution in [1.29, 1.82) is 0 Å². The number of hydrogen-bond donors (Lipinski definition) is 1. The van der Waals surface area contributed by atoms with Crippen LogP contribution in [0.1, 0.15) is 50.4 Å². The molecule has 3 heterocycles. The zero-order valence-corrected chi connectivity index (χ0v) is 14.7. The van der Waals surface area contributed by atoms with Crippen molar-refractivity contribution in [3.05, 3.63) is 23.9 Å². The van der Waals surface area contributed by atoms with E-state index in [0.717, 1.165) is 25.2 Å². The van der Waals surface area contributed by atoms with Gasteiger partial charge >= 0.3 is 0 Å². The third-order valence-corrected chi connectivity index (χ3v) is 4.51. The molecule has 130 valence electrons. The number of carbonyl (C=O) groups is 2. The highest BCUT2D eigenvalue weighted by molar-refractivity contribution is 5.94. The molecule has 1 atom stereocenters. The maximum atomic E-state index is 12.6. The summed E-state index contributed by atoms with van der Waals surface area (Å²) in [5.41, 5.74) is 0.533. The number of aromatic nitrogens is 1. The van der Waals surface area contributed by atoms with Gasteiger partial charge in [0.25, 0.3) is 5.91 Å². The number of rotatable bonds is 3. The predicted octanol–water partition coefficient (Wildman–Crippen LogP) is 2.13. The van der Waals surface area contributed by atoms with E-state index in [-0.39, 0.29) is 23.4 Å². The van der Waals surface area contributed by atoms with Crippen molar-refractivity contribution in [1.82, 2.24) is 14.8 Å². The van der Waals surface area contributed by atoms with Gasteiger partial charge in [-0.2, -0.15) is 0 Å². The molecule has 0 aromatic carbocycles. The van der Waals surface area contributed by atoms with Crippen molar-refractivity contribution in [3.8, 4) is 0 Å². The second-order valence-corrected chi connectivity index (χ2v) is 7.69. The van der Waals surface area contributed by atoms with Crippen molar-refractivity contribution >= 4 is 17.6 Å². The maximum Gasteiger partial charge on any atom is 0.255 e. The maximum absolute atomic E-state index is 12.6. The Hall–Kier alpha value is -2.11. The largest absolute Gasteiger partial charge is 0.365 e. The van der Waals surface area contributed by atoms with Crippen molar-refractivity contribution in [2.75, 3.05) is 25.0 Å². The van der Waals surface area contributed by atoms with Gasteiger partial charge in [-0.05, 0) is 45.7 Å². The number of nitrogens with one attached hydrogen (secondary N) is 1. The highest BCUT2D eigenvalue weighted by atomic mass is 16.2. The van der Waals surface area contributed by atoms with Gasteiger partial charge in [-0.3, -0.25) is 9.59 Å². The van der Waals surface area contributed by atoms with E-state index >= 15 is 0 Å². The third kappa shape index (κ3) is 3.68. The summed E-state index contributed by atoms with van der Waals surface area (Å²) in [6, 6.07) is 3.84. The number of carbonyl (C=O) groups excluding carboxylic acids is 2. The Labute approximate surface area is 143 Å². The van der Waals surface area contributed by atoms with Crippen LogP contribution in [-0.2, 0) is 4.79 Å². The molecular formula is C18H26N4O2. The minimum absolute atomic E-state index is 0.000968. The van der Waals surface area contributed by atoms with Crippen LogP contribution in [0.5, 0.6) is 0 Å². The molecule has 0 aliphatic carbocycles. The molecule has 6 heteroatoms. The highest BCUT2D eigenvalue weighted by Gasteiger charge is 2.35. The van der Waals surface area contributed by atoms with Crippen LogP contribution in [-0.4, -0.2) is 57.8 Å². The normalized spacial score (nSPS) is 21.5. The summed E-state index contributed by atoms with van der Waals surface area (Å²) in [7, 11) is 0. The fraction of sp³-hybridized carbons (Fsp3) is 0.611. The molecule has 1 aromatic rings. The SMILES string of the molecule is CC(C)(C)Nc1ccc(C(=O)N2CC[C@H](N3CCCC3=O)C2)cn1. The minimum atomic E-state index is -0.0665. The standard InChI is InChI=1S/C18H26N4O2/c1-18(2,3)20-15-7-6-13(11-19-15)17(24)21-10-8-14(12-21)22-9-4-5-16(22)23/h6-7,11,14H,4-5,8-10,12H2,1-3H3,(H,19,20)/t14-/m0/s1. The molecular weight excluding hydrogens is 304 g/mol. The molecule has 24 heavy (non-hydrogen) atoms. The average Bonchev–Trinajstić information content (AvgIpc) is 3.14. The number of hydrogen-bond acceptors (Lipinski definition) is 4. The lowest BCUT2D eigenvalue weighted by molar-refractivity contribution is -0.129. The van der Waals surface area contributed by atoms with E-state index in [1.165, 1.54) is 0 Å². The summed E-state index contributed by atoms with van der Waals surface area (Å²) in [6.07, 6.45) is 4.09. The molecule has 2 fully saturated rings. The first-order chi connectivity index (χ1) is 11.3. The molecule has 3 rings (SSSR count). The third-order valence-electron chi connectivity index (χ3n) is 4.51. The Morgan fingerprint density at radius 3 is 2.67 bits per heavy atom. The van der Waals surface area contributed by atoms with E-state index in [9.17, 15) is 9.59 Å². The van der Waals surface area contributed by atoms with Gasteiger partial charge in [0, 0.05) is 37.8 Å². The van der Waals surface area contributed by atoms with Gasteiger partial charge in [-0.1, -0.05) is 0 Å². The first-order valence-corrected chi connectivity index (χ1v) is 8.66. The van der Waals surface area contributed by atoms with E-state index in [4.69, 9.17) is 0 Å². The van der Waals surface area contributed by atoms with E-state index in [2.05, 4.69) is 31.1 Å². The zero-order valence-electron chi connectivity index (χ0n) is 14.7. The average molecular weight is 330 g/mol. The van der Waals surface area contributed by atoms with Gasteiger partial charge in [0.15, 0.2) is 0 Å². The van der Waals surface area contributed by atoms with Crippen LogP contribution < -0.4 is 5.32 Å². The quantitative estimate of drug-likeness (QED) is 0.922. The Bertz CT molecular complexity index is 621. The van der Waals surface area contributed by atoms with Gasteiger partial charge in [0.2, 0.25) is 5.91 Å². The molecule has 2 aliphatic rings. The predicted molar refractivity (Wildman–Crippen MR) is 92.9 cm³/mol. The monoisotopic (exact) mass is 330 g/mol. The minimum Gasteiger partial charge on any atom is -0.365 e. The fourth-order valence-corrected chi connectivity index (χ4v) is 3.40. The number of amides is 2. The van der Waals surface area contributed by atoms with Crippen molar-refractivity contribution in [2.45, 2.75) is 51.6 Å². The molecule has 1 N–H and O–H groups in total. The number of anilines is 1. The van der Waals surface area contributed by atoms with Gasteiger partial charge in [0.05, 0.1) is 11.6 Å². The number of nitrogens with zero attached hydrogens (tertiary/aromatic N) is 3. The molecule has 0 saturated carbocycles. The van der Waals surface area contributed by atoms with Gasteiger partial charge < -0.3 is 15.1 Å². The van der Waals surface area contributed by atoms with Gasteiger partial charge in [0.1, 0.15) is 5.82 Å². The molecule has 0 unspecified atom stereocenters. The van der Waals surface area contributed by atoms with Crippen molar-refractivity contribution in [3.63, 3.8) is 0 Å². The molecule has 0 bridgehead atoms. The molecule has 2 aliphatic heterocycles. The van der Waals surface area contributed by atoms with E-state index in [1.807, 2.05) is 21.9 Å². The van der Waals surface area contributed by atoms with Gasteiger partial charge in [-0.15, -0.1) is 0 Å². The van der Waals surface area contributed by atoms with Crippen LogP contribution in [0.3, 0.4) is 0 Å². The van der Waals surface area contributed by atoms with E-state index in [1.54, 1.807) is 6.20 Å². The summed E-state index contributed by atoms with van der Waals surface area (Å²) in [6.45, 7) is 8.37. The lowest BCUT2D eigenvalue weighted by Crippen LogP contribution is -2.39. The van der Waals surface area contributed by atoms with E-state index in [0.29, 0.717) is 25.1 Å². The fourth-order valence-electron chi connectivity index (χ4n) is 3.40. The number of likely N-dealkylation sites (tertiary alicyclic amines) is 2. The van der Waals surface area contributed by atoms with Crippen LogP contribution in [0.15, 0.2) is 18.3 Å². The summed E-state index contributed by atoms with van der Waals surface area (Å²) in [5, 5.41) is 3.29. The topological polar surface area (TPSA) is 65.5 Å². The lowest BCUT2D eigenvalue weighted by atomic mass is 10.1. The molecule has 1 aromatic heterocycles. The first kappa shape index (κ1) is 16.7. The highest BCUT2D eigenvalue weighted by Crippen LogP contribution is 2.23. The van der Waals surface area contributed by atoms with Crippen LogP contribution >= 0.6 is 0 Å². The molecule has 0 radical (unpaired) electrons. The summed E-state index contributed by atoms with van der Waals surface area (Å²) in [5.74, 6) is 0.994. The van der Waals surface area contributed by atoms with Crippen LogP contribution in [0.25, 0.3) is 0 Å². The summed E-state index contributed by atoms with van der Waals surface area (Å²) >= 11 is 0. The Morgan fingerprint density at radius 1 is 1.29 bits per heavy atom.